The van der Waals surface area contributed by atoms with Gasteiger partial charge in [-0.25, -0.2) is 0 Å². The van der Waals surface area contributed by atoms with E-state index < -0.39 is 5.97 Å². The van der Waals surface area contributed by atoms with Crippen molar-refractivity contribution >= 4 is 23.6 Å². The van der Waals surface area contributed by atoms with E-state index in [1.54, 1.807) is 17.0 Å². The first-order valence-electron chi connectivity index (χ1n) is 6.75. The Bertz CT molecular complexity index is 583. The molecule has 110 valence electrons. The zero-order chi connectivity index (χ0) is 15.2. The molecule has 1 aliphatic heterocycles. The van der Waals surface area contributed by atoms with Crippen molar-refractivity contribution < 1.29 is 14.7 Å². The zero-order valence-electron chi connectivity index (χ0n) is 11.5. The van der Waals surface area contributed by atoms with Crippen LogP contribution in [0.4, 0.5) is 0 Å². The van der Waals surface area contributed by atoms with Gasteiger partial charge in [0.25, 0.3) is 5.91 Å². The number of benzene rings is 1. The highest BCUT2D eigenvalue weighted by Crippen LogP contribution is 2.27. The fraction of sp³-hybridized carbons (Fsp3) is 0.400. The fourth-order valence-electron chi connectivity index (χ4n) is 2.55. The molecule has 1 heterocycles. The highest BCUT2D eigenvalue weighted by atomic mass is 32.2. The molecule has 1 N–H and O–H groups in total. The van der Waals surface area contributed by atoms with E-state index in [0.29, 0.717) is 12.1 Å². The number of amides is 1. The molecule has 1 aliphatic rings. The van der Waals surface area contributed by atoms with E-state index in [1.807, 2.05) is 18.2 Å². The molecule has 1 fully saturated rings. The van der Waals surface area contributed by atoms with E-state index in [4.69, 9.17) is 10.4 Å². The van der Waals surface area contributed by atoms with Crippen molar-refractivity contribution in [2.75, 3.05) is 12.3 Å². The van der Waals surface area contributed by atoms with Gasteiger partial charge in [0.15, 0.2) is 0 Å². The van der Waals surface area contributed by atoms with Gasteiger partial charge in [-0.15, -0.1) is 11.8 Å². The maximum absolute atomic E-state index is 12.7. The van der Waals surface area contributed by atoms with Crippen molar-refractivity contribution in [3.05, 3.63) is 29.8 Å². The van der Waals surface area contributed by atoms with Gasteiger partial charge in [-0.1, -0.05) is 12.1 Å². The lowest BCUT2D eigenvalue weighted by Gasteiger charge is -2.24. The Kier molecular flexibility index (Phi) is 5.23. The quantitative estimate of drug-likeness (QED) is 0.845. The number of aliphatic carboxylic acids is 1. The van der Waals surface area contributed by atoms with Crippen LogP contribution in [0.1, 0.15) is 29.6 Å². The van der Waals surface area contributed by atoms with Crippen LogP contribution in [0.5, 0.6) is 0 Å². The number of likely N-dealkylation sites (tertiary alicyclic amines) is 1. The van der Waals surface area contributed by atoms with Crippen molar-refractivity contribution in [1.29, 1.82) is 5.26 Å². The Morgan fingerprint density at radius 2 is 2.19 bits per heavy atom. The summed E-state index contributed by atoms with van der Waals surface area (Å²) in [7, 11) is 0. The number of carbonyl (C=O) groups excluding carboxylic acids is 1. The van der Waals surface area contributed by atoms with Crippen LogP contribution in [0.15, 0.2) is 29.2 Å². The number of thioether (sulfide) groups is 1. The normalized spacial score (nSPS) is 17.5. The first kappa shape index (κ1) is 15.4. The number of hydrogen-bond acceptors (Lipinski definition) is 4. The Balaban J connectivity index is 2.19. The number of carboxylic acids is 1. The molecule has 2 rings (SSSR count). The van der Waals surface area contributed by atoms with Gasteiger partial charge in [0, 0.05) is 17.5 Å². The molecular formula is C15H16N2O3S. The van der Waals surface area contributed by atoms with Crippen molar-refractivity contribution in [2.45, 2.75) is 30.2 Å². The molecule has 1 saturated heterocycles. The monoisotopic (exact) mass is 304 g/mol. The van der Waals surface area contributed by atoms with E-state index in [2.05, 4.69) is 0 Å². The van der Waals surface area contributed by atoms with Crippen LogP contribution in [0.2, 0.25) is 0 Å². The Labute approximate surface area is 127 Å². The van der Waals surface area contributed by atoms with E-state index >= 15 is 0 Å². The summed E-state index contributed by atoms with van der Waals surface area (Å²) in [5.74, 6) is -0.741. The third-order valence-corrected chi connectivity index (χ3v) is 4.40. The van der Waals surface area contributed by atoms with E-state index in [9.17, 15) is 9.59 Å². The smallest absolute Gasteiger partial charge is 0.305 e. The Hall–Kier alpha value is -2.00. The summed E-state index contributed by atoms with van der Waals surface area (Å²) < 4.78 is 0. The number of carboxylic acid groups (broad SMARTS) is 1. The number of carbonyl (C=O) groups is 2. The van der Waals surface area contributed by atoms with Gasteiger partial charge in [-0.05, 0) is 25.0 Å². The van der Waals surface area contributed by atoms with Gasteiger partial charge in [-0.2, -0.15) is 5.26 Å². The lowest BCUT2D eigenvalue weighted by atomic mass is 10.1. The van der Waals surface area contributed by atoms with Gasteiger partial charge < -0.3 is 10.0 Å². The van der Waals surface area contributed by atoms with Gasteiger partial charge in [0.2, 0.25) is 0 Å². The number of hydrogen-bond donors (Lipinski definition) is 1. The predicted molar refractivity (Wildman–Crippen MR) is 79.1 cm³/mol. The van der Waals surface area contributed by atoms with Crippen LogP contribution in [-0.4, -0.2) is 40.2 Å². The molecule has 21 heavy (non-hydrogen) atoms. The van der Waals surface area contributed by atoms with Gasteiger partial charge in [0.05, 0.1) is 23.8 Å². The topological polar surface area (TPSA) is 81.4 Å². The molecule has 1 amide bonds. The SMILES string of the molecule is N#CCSc1ccccc1C(=O)N1CCCC1CC(=O)O. The molecule has 6 heteroatoms. The summed E-state index contributed by atoms with van der Waals surface area (Å²) in [6.45, 7) is 0.591. The number of rotatable bonds is 5. The van der Waals surface area contributed by atoms with Gasteiger partial charge in [0.1, 0.15) is 0 Å². The second kappa shape index (κ2) is 7.14. The molecule has 0 aliphatic carbocycles. The standard InChI is InChI=1S/C15H16N2O3S/c16-7-9-21-13-6-2-1-5-12(13)15(20)17-8-3-4-11(17)10-14(18)19/h1-2,5-6,11H,3-4,8-10H2,(H,18,19). The molecule has 1 atom stereocenters. The Morgan fingerprint density at radius 3 is 2.90 bits per heavy atom. The summed E-state index contributed by atoms with van der Waals surface area (Å²) in [4.78, 5) is 26.0. The third-order valence-electron chi connectivity index (χ3n) is 3.46. The van der Waals surface area contributed by atoms with Crippen LogP contribution in [0.25, 0.3) is 0 Å². The summed E-state index contributed by atoms with van der Waals surface area (Å²) in [6.07, 6.45) is 1.54. The highest BCUT2D eigenvalue weighted by molar-refractivity contribution is 7.99. The maximum atomic E-state index is 12.7. The first-order chi connectivity index (χ1) is 10.1. The lowest BCUT2D eigenvalue weighted by Crippen LogP contribution is -2.37. The molecular weight excluding hydrogens is 288 g/mol. The maximum Gasteiger partial charge on any atom is 0.305 e. The van der Waals surface area contributed by atoms with Gasteiger partial charge in [-0.3, -0.25) is 9.59 Å². The zero-order valence-corrected chi connectivity index (χ0v) is 12.3. The van der Waals surface area contributed by atoms with Crippen LogP contribution in [0.3, 0.4) is 0 Å². The molecule has 1 aromatic carbocycles. The number of nitriles is 1. The van der Waals surface area contributed by atoms with Gasteiger partial charge >= 0.3 is 5.97 Å². The second-order valence-electron chi connectivity index (χ2n) is 4.84. The molecule has 5 nitrogen and oxygen atoms in total. The molecule has 0 radical (unpaired) electrons. The predicted octanol–water partition coefficient (Wildman–Crippen LogP) is 2.38. The van der Waals surface area contributed by atoms with Crippen molar-refractivity contribution in [3.63, 3.8) is 0 Å². The minimum absolute atomic E-state index is 0.0146. The van der Waals surface area contributed by atoms with Crippen LogP contribution < -0.4 is 0 Å². The van der Waals surface area contributed by atoms with Crippen molar-refractivity contribution in [3.8, 4) is 6.07 Å². The van der Waals surface area contributed by atoms with Crippen molar-refractivity contribution in [1.82, 2.24) is 4.90 Å². The average Bonchev–Trinajstić information content (AvgIpc) is 2.92. The number of nitrogens with zero attached hydrogens (tertiary/aromatic N) is 2. The minimum Gasteiger partial charge on any atom is -0.481 e. The van der Waals surface area contributed by atoms with Crippen LogP contribution in [0, 0.1) is 11.3 Å². The lowest BCUT2D eigenvalue weighted by molar-refractivity contribution is -0.137. The van der Waals surface area contributed by atoms with E-state index in [-0.39, 0.29) is 24.1 Å². The fourth-order valence-corrected chi connectivity index (χ4v) is 3.26. The molecule has 0 bridgehead atoms. The first-order valence-corrected chi connectivity index (χ1v) is 7.73. The molecule has 1 unspecified atom stereocenters. The largest absolute Gasteiger partial charge is 0.481 e. The molecule has 1 aromatic rings. The summed E-state index contributed by atoms with van der Waals surface area (Å²) >= 11 is 1.32. The Morgan fingerprint density at radius 1 is 1.43 bits per heavy atom. The highest BCUT2D eigenvalue weighted by Gasteiger charge is 2.31. The van der Waals surface area contributed by atoms with E-state index in [1.165, 1.54) is 11.8 Å². The van der Waals surface area contributed by atoms with Crippen LogP contribution >= 0.6 is 11.8 Å². The summed E-state index contributed by atoms with van der Waals surface area (Å²) in [6, 6.07) is 8.98. The molecule has 0 spiro atoms. The van der Waals surface area contributed by atoms with E-state index in [0.717, 1.165) is 17.7 Å². The summed E-state index contributed by atoms with van der Waals surface area (Å²) in [5, 5.41) is 17.6. The second-order valence-corrected chi connectivity index (χ2v) is 5.85. The average molecular weight is 304 g/mol. The molecule has 0 aromatic heterocycles. The third kappa shape index (κ3) is 3.76. The minimum atomic E-state index is -0.883. The summed E-state index contributed by atoms with van der Waals surface area (Å²) in [5.41, 5.74) is 0.551. The van der Waals surface area contributed by atoms with Crippen LogP contribution in [-0.2, 0) is 4.79 Å². The molecule has 0 saturated carbocycles. The van der Waals surface area contributed by atoms with Crippen molar-refractivity contribution in [2.24, 2.45) is 0 Å².